The molecule has 12 heteroatoms. The van der Waals surface area contributed by atoms with Gasteiger partial charge in [0, 0.05) is 19.1 Å². The van der Waals surface area contributed by atoms with Crippen LogP contribution < -0.4 is 20.5 Å². The van der Waals surface area contributed by atoms with Crippen LogP contribution >= 0.6 is 7.60 Å². The second-order valence-electron chi connectivity index (χ2n) is 6.52. The first-order valence-corrected chi connectivity index (χ1v) is 13.0. The van der Waals surface area contributed by atoms with Crippen molar-refractivity contribution in [3.63, 3.8) is 0 Å². The molecule has 0 spiro atoms. The Labute approximate surface area is 188 Å². The van der Waals surface area contributed by atoms with Crippen molar-refractivity contribution in [2.45, 2.75) is 24.8 Å². The number of nitrogens with one attached hydrogen (secondary N) is 2. The Kier molecular flexibility index (Phi) is 9.83. The maximum atomic E-state index is 12.5. The smallest absolute Gasteiger partial charge is 0.418 e. The fraction of sp³-hybridized carbons (Fsp3) is 0.350. The van der Waals surface area contributed by atoms with E-state index in [0.717, 1.165) is 0 Å². The number of hydrogen-bond acceptors (Lipinski definition) is 8. The molecule has 32 heavy (non-hydrogen) atoms. The van der Waals surface area contributed by atoms with E-state index in [-0.39, 0.29) is 31.2 Å². The molecule has 0 radical (unpaired) electrons. The molecule has 0 saturated heterocycles. The van der Waals surface area contributed by atoms with Gasteiger partial charge in [0.2, 0.25) is 10.0 Å². The summed E-state index contributed by atoms with van der Waals surface area (Å²) in [4.78, 5) is 12.1. The Morgan fingerprint density at radius 3 is 2.09 bits per heavy atom. The molecule has 0 aliphatic rings. The van der Waals surface area contributed by atoms with Crippen molar-refractivity contribution in [1.82, 2.24) is 10.0 Å². The molecule has 0 heterocycles. The molecule has 1 amide bonds. The van der Waals surface area contributed by atoms with Gasteiger partial charge in [-0.3, -0.25) is 4.79 Å². The van der Waals surface area contributed by atoms with Gasteiger partial charge in [-0.25, -0.2) is 17.7 Å². The lowest BCUT2D eigenvalue weighted by molar-refractivity contribution is 0.207. The van der Waals surface area contributed by atoms with Crippen molar-refractivity contribution in [1.29, 1.82) is 0 Å². The summed E-state index contributed by atoms with van der Waals surface area (Å²) in [5.41, 5.74) is 4.95. The fourth-order valence-electron chi connectivity index (χ4n) is 2.49. The number of hydrogen-bond donors (Lipinski definition) is 3. The minimum absolute atomic E-state index is 0.0335. The van der Waals surface area contributed by atoms with Gasteiger partial charge in [0.05, 0.1) is 18.1 Å². The van der Waals surface area contributed by atoms with E-state index >= 15 is 0 Å². The van der Waals surface area contributed by atoms with Crippen LogP contribution in [0.25, 0.3) is 0 Å². The van der Waals surface area contributed by atoms with Crippen LogP contribution in [0.5, 0.6) is 11.5 Å². The third-order valence-electron chi connectivity index (χ3n) is 4.01. The number of benzene rings is 2. The Hall–Kier alpha value is -2.27. The van der Waals surface area contributed by atoms with Gasteiger partial charge in [0.1, 0.15) is 11.5 Å². The van der Waals surface area contributed by atoms with E-state index in [2.05, 4.69) is 10.0 Å². The second-order valence-corrected chi connectivity index (χ2v) is 10.2. The highest BCUT2D eigenvalue weighted by atomic mass is 32.2. The zero-order valence-corrected chi connectivity index (χ0v) is 19.6. The van der Waals surface area contributed by atoms with Crippen molar-refractivity contribution < 1.29 is 31.6 Å². The molecule has 0 aliphatic carbocycles. The molecule has 0 bridgehead atoms. The number of rotatable bonds is 13. The van der Waals surface area contributed by atoms with Gasteiger partial charge in [0.25, 0.3) is 0 Å². The summed E-state index contributed by atoms with van der Waals surface area (Å²) in [6.45, 7) is 2.95. The quantitative estimate of drug-likeness (QED) is 0.367. The van der Waals surface area contributed by atoms with E-state index in [1.165, 1.54) is 12.1 Å². The SMILES string of the molecule is CCOP(=O)(OCC)C(=O)NCC(N)CNS(=O)(=O)c1ccc(Oc2ccccc2)cc1. The molecule has 176 valence electrons. The molecule has 0 aliphatic heterocycles. The van der Waals surface area contributed by atoms with Crippen LogP contribution in [0.2, 0.25) is 0 Å². The van der Waals surface area contributed by atoms with E-state index in [9.17, 15) is 17.8 Å². The monoisotopic (exact) mass is 485 g/mol. The van der Waals surface area contributed by atoms with Crippen molar-refractivity contribution >= 4 is 23.3 Å². The van der Waals surface area contributed by atoms with Crippen LogP contribution in [0.3, 0.4) is 0 Å². The van der Waals surface area contributed by atoms with Crippen LogP contribution in [0, 0.1) is 0 Å². The molecule has 4 N–H and O–H groups in total. The number of ether oxygens (including phenoxy) is 1. The summed E-state index contributed by atoms with van der Waals surface area (Å²) >= 11 is 0. The molecular weight excluding hydrogens is 457 g/mol. The number of amides is 1. The van der Waals surface area contributed by atoms with Crippen LogP contribution in [0.1, 0.15) is 13.8 Å². The Balaban J connectivity index is 1.88. The van der Waals surface area contributed by atoms with E-state index in [1.807, 2.05) is 18.2 Å². The largest absolute Gasteiger partial charge is 0.457 e. The van der Waals surface area contributed by atoms with Gasteiger partial charge in [-0.1, -0.05) is 18.2 Å². The summed E-state index contributed by atoms with van der Waals surface area (Å²) in [5, 5.41) is 2.37. The molecule has 0 aromatic heterocycles. The van der Waals surface area contributed by atoms with Crippen LogP contribution in [-0.4, -0.2) is 46.4 Å². The Morgan fingerprint density at radius 1 is 0.969 bits per heavy atom. The maximum absolute atomic E-state index is 12.5. The Bertz CT molecular complexity index is 1010. The van der Waals surface area contributed by atoms with Gasteiger partial charge in [0.15, 0.2) is 0 Å². The van der Waals surface area contributed by atoms with Crippen LogP contribution in [0.15, 0.2) is 59.5 Å². The zero-order chi connectivity index (χ0) is 23.6. The standard InChI is InChI=1S/C20H28N3O7PS/c1-3-28-31(25,29-4-2)20(24)22-14-16(21)15-23-32(26,27)19-12-10-18(11-13-19)30-17-8-6-5-7-9-17/h5-13,16,23H,3-4,14-15,21H2,1-2H3,(H,22,24). The predicted octanol–water partition coefficient (Wildman–Crippen LogP) is 3.06. The zero-order valence-electron chi connectivity index (χ0n) is 17.9. The summed E-state index contributed by atoms with van der Waals surface area (Å²) < 4.78 is 55.2. The maximum Gasteiger partial charge on any atom is 0.418 e. The lowest BCUT2D eigenvalue weighted by Gasteiger charge is -2.18. The predicted molar refractivity (Wildman–Crippen MR) is 120 cm³/mol. The molecular formula is C20H28N3O7PS. The molecule has 2 rings (SSSR count). The molecule has 1 atom stereocenters. The topological polar surface area (TPSA) is 146 Å². The Morgan fingerprint density at radius 2 is 1.53 bits per heavy atom. The molecule has 1 unspecified atom stereocenters. The average Bonchev–Trinajstić information content (AvgIpc) is 2.77. The minimum Gasteiger partial charge on any atom is -0.457 e. The first kappa shape index (κ1) is 26.0. The van der Waals surface area contributed by atoms with Crippen molar-refractivity contribution in [3.8, 4) is 11.5 Å². The number of carbonyl (C=O) groups excluding carboxylic acids is 1. The molecule has 2 aromatic carbocycles. The second kappa shape index (κ2) is 12.1. The normalized spacial score (nSPS) is 12.8. The van der Waals surface area contributed by atoms with E-state index < -0.39 is 29.3 Å². The van der Waals surface area contributed by atoms with Gasteiger partial charge in [-0.2, -0.15) is 0 Å². The van der Waals surface area contributed by atoms with Gasteiger partial charge in [-0.15, -0.1) is 0 Å². The molecule has 0 saturated carbocycles. The lowest BCUT2D eigenvalue weighted by Crippen LogP contribution is -2.44. The highest BCUT2D eigenvalue weighted by Crippen LogP contribution is 2.48. The van der Waals surface area contributed by atoms with E-state index in [0.29, 0.717) is 11.5 Å². The molecule has 0 fully saturated rings. The van der Waals surface area contributed by atoms with E-state index in [1.54, 1.807) is 38.1 Å². The average molecular weight is 485 g/mol. The number of sulfonamides is 1. The first-order chi connectivity index (χ1) is 15.2. The fourth-order valence-corrected chi connectivity index (χ4v) is 4.86. The lowest BCUT2D eigenvalue weighted by atomic mass is 10.3. The summed E-state index contributed by atoms with van der Waals surface area (Å²) in [7, 11) is -7.78. The minimum atomic E-state index is -3.95. The summed E-state index contributed by atoms with van der Waals surface area (Å²) in [6, 6.07) is 14.2. The highest BCUT2D eigenvalue weighted by molar-refractivity contribution is 7.89. The number of carbonyl (C=O) groups is 1. The van der Waals surface area contributed by atoms with Crippen molar-refractivity contribution in [3.05, 3.63) is 54.6 Å². The summed E-state index contributed by atoms with van der Waals surface area (Å²) in [6.07, 6.45) is 0. The number of nitrogens with two attached hydrogens (primary N) is 1. The molecule has 2 aromatic rings. The third kappa shape index (κ3) is 7.70. The van der Waals surface area contributed by atoms with Crippen molar-refractivity contribution in [2.75, 3.05) is 26.3 Å². The van der Waals surface area contributed by atoms with Crippen LogP contribution in [0.4, 0.5) is 4.79 Å². The first-order valence-electron chi connectivity index (χ1n) is 9.96. The molecule has 10 nitrogen and oxygen atoms in total. The van der Waals surface area contributed by atoms with Gasteiger partial charge in [-0.05, 0) is 50.2 Å². The van der Waals surface area contributed by atoms with Crippen LogP contribution in [-0.2, 0) is 23.6 Å². The number of para-hydroxylation sites is 1. The van der Waals surface area contributed by atoms with Gasteiger partial charge >= 0.3 is 13.2 Å². The summed E-state index contributed by atoms with van der Waals surface area (Å²) in [5.74, 6) is 1.12. The highest BCUT2D eigenvalue weighted by Gasteiger charge is 2.34. The van der Waals surface area contributed by atoms with E-state index in [4.69, 9.17) is 19.5 Å². The van der Waals surface area contributed by atoms with Gasteiger partial charge < -0.3 is 24.8 Å². The van der Waals surface area contributed by atoms with Crippen molar-refractivity contribution in [2.24, 2.45) is 5.73 Å². The third-order valence-corrected chi connectivity index (χ3v) is 7.30.